The van der Waals surface area contributed by atoms with E-state index in [1.54, 1.807) is 16.8 Å². The van der Waals surface area contributed by atoms with Crippen LogP contribution in [-0.2, 0) is 11.3 Å². The number of hydrogen-bond acceptors (Lipinski definition) is 5. The lowest BCUT2D eigenvalue weighted by molar-refractivity contribution is 0.0593. The third-order valence-corrected chi connectivity index (χ3v) is 3.62. The van der Waals surface area contributed by atoms with E-state index in [1.165, 1.54) is 19.2 Å². The van der Waals surface area contributed by atoms with Crippen LogP contribution in [0.3, 0.4) is 0 Å². The molecule has 0 atom stereocenters. The van der Waals surface area contributed by atoms with E-state index in [0.29, 0.717) is 17.8 Å². The number of benzene rings is 2. The predicted molar refractivity (Wildman–Crippen MR) is 87.9 cm³/mol. The minimum atomic E-state index is -0.536. The van der Waals surface area contributed by atoms with Crippen molar-refractivity contribution in [3.05, 3.63) is 65.9 Å². The van der Waals surface area contributed by atoms with Crippen LogP contribution >= 0.6 is 0 Å². The molecule has 0 aliphatic rings. The van der Waals surface area contributed by atoms with Crippen LogP contribution in [0.25, 0.3) is 11.3 Å². The van der Waals surface area contributed by atoms with E-state index >= 15 is 0 Å². The van der Waals surface area contributed by atoms with Gasteiger partial charge >= 0.3 is 5.97 Å². The van der Waals surface area contributed by atoms with Crippen molar-refractivity contribution in [1.82, 2.24) is 9.78 Å². The number of phenols is 2. The maximum atomic E-state index is 11.8. The molecule has 0 saturated carbocycles. The lowest BCUT2D eigenvalue weighted by atomic mass is 10.1. The molecule has 2 aromatic carbocycles. The lowest BCUT2D eigenvalue weighted by Gasteiger charge is -2.08. The van der Waals surface area contributed by atoms with Crippen molar-refractivity contribution in [2.24, 2.45) is 0 Å². The second-order valence-corrected chi connectivity index (χ2v) is 5.25. The Morgan fingerprint density at radius 3 is 2.50 bits per heavy atom. The zero-order valence-electron chi connectivity index (χ0n) is 13.0. The summed E-state index contributed by atoms with van der Waals surface area (Å²) in [5.41, 5.74) is 2.45. The Balaban J connectivity index is 2.07. The van der Waals surface area contributed by atoms with Gasteiger partial charge in [0.1, 0.15) is 0 Å². The summed E-state index contributed by atoms with van der Waals surface area (Å²) in [5, 5.41) is 23.5. The largest absolute Gasteiger partial charge is 0.504 e. The average molecular weight is 324 g/mol. The maximum Gasteiger partial charge on any atom is 0.358 e. The van der Waals surface area contributed by atoms with Gasteiger partial charge in [0.2, 0.25) is 0 Å². The van der Waals surface area contributed by atoms with Gasteiger partial charge in [-0.05, 0) is 29.8 Å². The zero-order chi connectivity index (χ0) is 17.1. The Bertz CT molecular complexity index is 872. The van der Waals surface area contributed by atoms with Gasteiger partial charge in [0.05, 0.1) is 19.3 Å². The Morgan fingerprint density at radius 2 is 1.83 bits per heavy atom. The standard InChI is InChI=1S/C18H16N2O4/c1-24-18(23)14-10-15(13-7-8-16(21)17(22)9-13)20(19-14)11-12-5-3-2-4-6-12/h2-10,21-22H,11H2,1H3. The normalized spacial score (nSPS) is 10.5. The van der Waals surface area contributed by atoms with E-state index in [-0.39, 0.29) is 17.2 Å². The molecule has 0 bridgehead atoms. The van der Waals surface area contributed by atoms with Gasteiger partial charge in [-0.3, -0.25) is 4.68 Å². The van der Waals surface area contributed by atoms with E-state index in [0.717, 1.165) is 5.56 Å². The highest BCUT2D eigenvalue weighted by molar-refractivity contribution is 5.88. The highest BCUT2D eigenvalue weighted by Gasteiger charge is 2.17. The van der Waals surface area contributed by atoms with Crippen LogP contribution in [0, 0.1) is 0 Å². The van der Waals surface area contributed by atoms with Gasteiger partial charge in [-0.25, -0.2) is 4.79 Å². The fourth-order valence-corrected chi connectivity index (χ4v) is 2.41. The highest BCUT2D eigenvalue weighted by Crippen LogP contribution is 2.31. The Morgan fingerprint density at radius 1 is 1.08 bits per heavy atom. The molecule has 0 spiro atoms. The van der Waals surface area contributed by atoms with Gasteiger partial charge in [-0.2, -0.15) is 5.10 Å². The number of ether oxygens (including phenoxy) is 1. The molecule has 24 heavy (non-hydrogen) atoms. The first kappa shape index (κ1) is 15.6. The second-order valence-electron chi connectivity index (χ2n) is 5.25. The molecule has 1 aromatic heterocycles. The molecule has 0 fully saturated rings. The maximum absolute atomic E-state index is 11.8. The average Bonchev–Trinajstić information content (AvgIpc) is 3.01. The van der Waals surface area contributed by atoms with Gasteiger partial charge in [0.25, 0.3) is 0 Å². The molecule has 1 heterocycles. The van der Waals surface area contributed by atoms with Crippen LogP contribution in [0.15, 0.2) is 54.6 Å². The van der Waals surface area contributed by atoms with Crippen LogP contribution in [0.1, 0.15) is 16.1 Å². The fourth-order valence-electron chi connectivity index (χ4n) is 2.41. The molecular formula is C18H16N2O4. The van der Waals surface area contributed by atoms with Gasteiger partial charge in [0.15, 0.2) is 17.2 Å². The number of aromatic nitrogens is 2. The Labute approximate surface area is 138 Å². The minimum Gasteiger partial charge on any atom is -0.504 e. The molecule has 0 aliphatic heterocycles. The van der Waals surface area contributed by atoms with Gasteiger partial charge in [-0.1, -0.05) is 30.3 Å². The molecule has 2 N–H and O–H groups in total. The number of esters is 1. The van der Waals surface area contributed by atoms with Gasteiger partial charge < -0.3 is 14.9 Å². The molecule has 0 aliphatic carbocycles. The fraction of sp³-hybridized carbons (Fsp3) is 0.111. The van der Waals surface area contributed by atoms with E-state index in [4.69, 9.17) is 4.74 Å². The summed E-state index contributed by atoms with van der Waals surface area (Å²) in [6, 6.07) is 15.7. The number of rotatable bonds is 4. The van der Waals surface area contributed by atoms with Crippen molar-refractivity contribution in [3.8, 4) is 22.8 Å². The van der Waals surface area contributed by atoms with Crippen LogP contribution in [-0.4, -0.2) is 33.1 Å². The number of phenolic OH excluding ortho intramolecular Hbond substituents is 2. The van der Waals surface area contributed by atoms with Crippen molar-refractivity contribution in [2.45, 2.75) is 6.54 Å². The predicted octanol–water partition coefficient (Wildman–Crippen LogP) is 2.80. The summed E-state index contributed by atoms with van der Waals surface area (Å²) in [4.78, 5) is 11.8. The highest BCUT2D eigenvalue weighted by atomic mass is 16.5. The number of hydrogen-bond donors (Lipinski definition) is 2. The van der Waals surface area contributed by atoms with Crippen LogP contribution in [0.4, 0.5) is 0 Å². The van der Waals surface area contributed by atoms with E-state index in [2.05, 4.69) is 5.10 Å². The SMILES string of the molecule is COC(=O)c1cc(-c2ccc(O)c(O)c2)n(Cc2ccccc2)n1. The minimum absolute atomic E-state index is 0.177. The summed E-state index contributed by atoms with van der Waals surface area (Å²) in [7, 11) is 1.30. The molecule has 3 aromatic rings. The van der Waals surface area contributed by atoms with Crippen LogP contribution < -0.4 is 0 Å². The van der Waals surface area contributed by atoms with E-state index in [9.17, 15) is 15.0 Å². The first-order valence-electron chi connectivity index (χ1n) is 7.31. The summed E-state index contributed by atoms with van der Waals surface area (Å²) in [5.74, 6) is -0.980. The third kappa shape index (κ3) is 3.08. The van der Waals surface area contributed by atoms with Crippen LogP contribution in [0.2, 0.25) is 0 Å². The molecule has 0 radical (unpaired) electrons. The van der Waals surface area contributed by atoms with Crippen molar-refractivity contribution >= 4 is 5.97 Å². The molecule has 0 saturated heterocycles. The van der Waals surface area contributed by atoms with Gasteiger partial charge in [0, 0.05) is 5.56 Å². The lowest BCUT2D eigenvalue weighted by Crippen LogP contribution is -2.07. The molecule has 0 amide bonds. The first-order valence-corrected chi connectivity index (χ1v) is 7.31. The number of aromatic hydroxyl groups is 2. The van der Waals surface area contributed by atoms with Crippen molar-refractivity contribution < 1.29 is 19.7 Å². The monoisotopic (exact) mass is 324 g/mol. The summed E-state index contributed by atoms with van der Waals surface area (Å²) in [6.07, 6.45) is 0. The third-order valence-electron chi connectivity index (χ3n) is 3.62. The number of carbonyl (C=O) groups is 1. The molecule has 6 nitrogen and oxygen atoms in total. The quantitative estimate of drug-likeness (QED) is 0.569. The van der Waals surface area contributed by atoms with E-state index in [1.807, 2.05) is 30.3 Å². The van der Waals surface area contributed by atoms with Gasteiger partial charge in [-0.15, -0.1) is 0 Å². The van der Waals surface area contributed by atoms with Crippen molar-refractivity contribution in [1.29, 1.82) is 0 Å². The molecule has 6 heteroatoms. The number of carbonyl (C=O) groups excluding carboxylic acids is 1. The van der Waals surface area contributed by atoms with Crippen molar-refractivity contribution in [2.75, 3.05) is 7.11 Å². The topological polar surface area (TPSA) is 84.6 Å². The van der Waals surface area contributed by atoms with E-state index < -0.39 is 5.97 Å². The summed E-state index contributed by atoms with van der Waals surface area (Å²) < 4.78 is 6.39. The summed E-state index contributed by atoms with van der Waals surface area (Å²) >= 11 is 0. The van der Waals surface area contributed by atoms with Crippen molar-refractivity contribution in [3.63, 3.8) is 0 Å². The number of nitrogens with zero attached hydrogens (tertiary/aromatic N) is 2. The number of methoxy groups -OCH3 is 1. The summed E-state index contributed by atoms with van der Waals surface area (Å²) in [6.45, 7) is 0.453. The molecule has 0 unspecified atom stereocenters. The first-order chi connectivity index (χ1) is 11.6. The smallest absolute Gasteiger partial charge is 0.358 e. The van der Waals surface area contributed by atoms with Crippen LogP contribution in [0.5, 0.6) is 11.5 Å². The zero-order valence-corrected chi connectivity index (χ0v) is 13.0. The molecule has 3 rings (SSSR count). The Hall–Kier alpha value is -3.28. The molecular weight excluding hydrogens is 308 g/mol. The molecule has 122 valence electrons. The Kier molecular flexibility index (Phi) is 4.20. The second kappa shape index (κ2) is 6.45.